The van der Waals surface area contributed by atoms with E-state index >= 15 is 0 Å². The summed E-state index contributed by atoms with van der Waals surface area (Å²) in [5.74, 6) is 0. The maximum absolute atomic E-state index is 3.36. The molecule has 0 unspecified atom stereocenters. The molecule has 2 radical (unpaired) electrons. The van der Waals surface area contributed by atoms with Crippen LogP contribution in [0, 0.1) is 12.1 Å². The van der Waals surface area contributed by atoms with Gasteiger partial charge in [-0.1, -0.05) is 60.7 Å². The van der Waals surface area contributed by atoms with Crippen molar-refractivity contribution in [1.82, 2.24) is 0 Å². The maximum atomic E-state index is 3.36. The van der Waals surface area contributed by atoms with Crippen molar-refractivity contribution in [2.24, 2.45) is 0 Å². The van der Waals surface area contributed by atoms with Gasteiger partial charge in [0.25, 0.3) is 0 Å². The van der Waals surface area contributed by atoms with Crippen LogP contribution in [0.15, 0.2) is 60.7 Å². The second-order valence-corrected chi connectivity index (χ2v) is 5.24. The van der Waals surface area contributed by atoms with Crippen LogP contribution in [0.25, 0.3) is 43.1 Å². The van der Waals surface area contributed by atoms with Gasteiger partial charge in [-0.2, -0.15) is 0 Å². The van der Waals surface area contributed by atoms with Crippen LogP contribution < -0.4 is 0 Å². The van der Waals surface area contributed by atoms with E-state index < -0.39 is 0 Å². The van der Waals surface area contributed by atoms with Gasteiger partial charge in [0, 0.05) is 0 Å². The molecule has 0 saturated heterocycles. The molecule has 0 amide bonds. The zero-order valence-electron chi connectivity index (χ0n) is 10.8. The zero-order valence-corrected chi connectivity index (χ0v) is 10.8. The molecular weight excluding hydrogens is 240 g/mol. The van der Waals surface area contributed by atoms with Gasteiger partial charge in [-0.15, -0.1) is 0 Å². The van der Waals surface area contributed by atoms with Crippen molar-refractivity contribution in [3.05, 3.63) is 72.8 Å². The molecule has 0 heterocycles. The van der Waals surface area contributed by atoms with E-state index in [1.807, 2.05) is 12.1 Å². The van der Waals surface area contributed by atoms with Gasteiger partial charge < -0.3 is 0 Å². The Balaban J connectivity index is 2.32. The lowest BCUT2D eigenvalue weighted by atomic mass is 9.90. The highest BCUT2D eigenvalue weighted by Gasteiger charge is 2.11. The predicted molar refractivity (Wildman–Crippen MR) is 85.3 cm³/mol. The zero-order chi connectivity index (χ0) is 13.1. The van der Waals surface area contributed by atoms with Crippen LogP contribution in [0.5, 0.6) is 0 Å². The third-order valence-electron chi connectivity index (χ3n) is 4.23. The van der Waals surface area contributed by atoms with Crippen molar-refractivity contribution >= 4 is 43.1 Å². The topological polar surface area (TPSA) is 0 Å². The summed E-state index contributed by atoms with van der Waals surface area (Å²) in [5.41, 5.74) is 0. The van der Waals surface area contributed by atoms with Gasteiger partial charge in [0.05, 0.1) is 0 Å². The second-order valence-electron chi connectivity index (χ2n) is 5.24. The number of rotatable bonds is 0. The van der Waals surface area contributed by atoms with Crippen molar-refractivity contribution in [3.63, 3.8) is 0 Å². The molecule has 5 rings (SSSR count). The van der Waals surface area contributed by atoms with Crippen LogP contribution in [0.1, 0.15) is 0 Å². The molecule has 0 spiro atoms. The Labute approximate surface area is 116 Å². The van der Waals surface area contributed by atoms with Crippen LogP contribution >= 0.6 is 0 Å². The highest BCUT2D eigenvalue weighted by atomic mass is 14.1. The number of hydrogen-bond acceptors (Lipinski definition) is 0. The molecule has 5 aromatic carbocycles. The van der Waals surface area contributed by atoms with Crippen molar-refractivity contribution in [1.29, 1.82) is 0 Å². The van der Waals surface area contributed by atoms with Gasteiger partial charge in [0.2, 0.25) is 0 Å². The molecule has 5 aromatic rings. The SMILES string of the molecule is [c]1ccc2c3cccc4[c]ccc(c5cccc1c25)c43. The molecule has 90 valence electrons. The lowest BCUT2D eigenvalue weighted by molar-refractivity contribution is 1.77. The van der Waals surface area contributed by atoms with Crippen LogP contribution in [0.4, 0.5) is 0 Å². The molecule has 0 aliphatic heterocycles. The van der Waals surface area contributed by atoms with Crippen molar-refractivity contribution in [2.45, 2.75) is 0 Å². The van der Waals surface area contributed by atoms with E-state index in [2.05, 4.69) is 60.7 Å². The fraction of sp³-hybridized carbons (Fsp3) is 0. The Morgan fingerprint density at radius 2 is 0.950 bits per heavy atom. The van der Waals surface area contributed by atoms with E-state index in [4.69, 9.17) is 0 Å². The van der Waals surface area contributed by atoms with Gasteiger partial charge in [0.15, 0.2) is 0 Å². The first-order valence-electron chi connectivity index (χ1n) is 6.81. The fourth-order valence-corrected chi connectivity index (χ4v) is 3.42. The van der Waals surface area contributed by atoms with Gasteiger partial charge >= 0.3 is 0 Å². The lowest BCUT2D eigenvalue weighted by Gasteiger charge is -2.13. The normalized spacial score (nSPS) is 12.0. The summed E-state index contributed by atoms with van der Waals surface area (Å²) < 4.78 is 0. The minimum Gasteiger partial charge on any atom is -0.0610 e. The predicted octanol–water partition coefficient (Wildman–Crippen LogP) is 5.34. The Bertz CT molecular complexity index is 917. The van der Waals surface area contributed by atoms with Crippen LogP contribution in [0.3, 0.4) is 0 Å². The Morgan fingerprint density at radius 3 is 1.45 bits per heavy atom. The Hall–Kier alpha value is -2.60. The third kappa shape index (κ3) is 1.12. The summed E-state index contributed by atoms with van der Waals surface area (Å²) in [6.07, 6.45) is 0. The molecule has 0 aliphatic carbocycles. The summed E-state index contributed by atoms with van der Waals surface area (Å²) in [6, 6.07) is 28.1. The van der Waals surface area contributed by atoms with Crippen molar-refractivity contribution < 1.29 is 0 Å². The average Bonchev–Trinajstić information content (AvgIpc) is 2.52. The molecule has 20 heavy (non-hydrogen) atoms. The van der Waals surface area contributed by atoms with E-state index in [1.165, 1.54) is 43.1 Å². The number of hydrogen-bond donors (Lipinski definition) is 0. The third-order valence-corrected chi connectivity index (χ3v) is 4.23. The van der Waals surface area contributed by atoms with Gasteiger partial charge in [-0.25, -0.2) is 0 Å². The fourth-order valence-electron chi connectivity index (χ4n) is 3.42. The number of fused-ring (bicyclic) bond motifs is 2. The number of benzene rings is 5. The van der Waals surface area contributed by atoms with Gasteiger partial charge in [-0.05, 0) is 55.2 Å². The molecule has 0 heteroatoms. The monoisotopic (exact) mass is 250 g/mol. The molecular formula is C20H10. The summed E-state index contributed by atoms with van der Waals surface area (Å²) in [4.78, 5) is 0. The molecule has 0 bridgehead atoms. The van der Waals surface area contributed by atoms with Gasteiger partial charge in [-0.3, -0.25) is 0 Å². The average molecular weight is 250 g/mol. The summed E-state index contributed by atoms with van der Waals surface area (Å²) >= 11 is 0. The Morgan fingerprint density at radius 1 is 0.500 bits per heavy atom. The quantitative estimate of drug-likeness (QED) is 0.257. The molecule has 0 aromatic heterocycles. The molecule has 0 fully saturated rings. The minimum absolute atomic E-state index is 1.19. The largest absolute Gasteiger partial charge is 0.0610 e. The van der Waals surface area contributed by atoms with Gasteiger partial charge in [0.1, 0.15) is 0 Å². The lowest BCUT2D eigenvalue weighted by Crippen LogP contribution is -1.86. The Kier molecular flexibility index (Phi) is 1.78. The van der Waals surface area contributed by atoms with E-state index in [9.17, 15) is 0 Å². The van der Waals surface area contributed by atoms with E-state index in [0.717, 1.165) is 0 Å². The second kappa shape index (κ2) is 3.49. The molecule has 0 saturated carbocycles. The highest BCUT2D eigenvalue weighted by molar-refractivity contribution is 6.32. The molecule has 0 aliphatic rings. The molecule has 0 atom stereocenters. The first-order chi connectivity index (χ1) is 9.93. The van der Waals surface area contributed by atoms with Crippen molar-refractivity contribution in [2.75, 3.05) is 0 Å². The maximum Gasteiger partial charge on any atom is -0.00201 e. The van der Waals surface area contributed by atoms with E-state index in [-0.39, 0.29) is 0 Å². The smallest absolute Gasteiger partial charge is 0.00201 e. The van der Waals surface area contributed by atoms with Crippen LogP contribution in [0.2, 0.25) is 0 Å². The first kappa shape index (κ1) is 10.2. The standard InChI is InChI=1S/C20H10/c1-5-13-6-2-11-17-18-12-4-8-14-7-3-10-16(20(14)18)15(9-1)19(13)17/h1-5,8-12H. The summed E-state index contributed by atoms with van der Waals surface area (Å²) in [5, 5.41) is 10.3. The highest BCUT2D eigenvalue weighted by Crippen LogP contribution is 2.39. The minimum atomic E-state index is 1.19. The van der Waals surface area contributed by atoms with Crippen molar-refractivity contribution in [3.8, 4) is 0 Å². The van der Waals surface area contributed by atoms with E-state index in [1.54, 1.807) is 0 Å². The first-order valence-corrected chi connectivity index (χ1v) is 6.81. The van der Waals surface area contributed by atoms with Crippen LogP contribution in [-0.2, 0) is 0 Å². The van der Waals surface area contributed by atoms with E-state index in [0.29, 0.717) is 0 Å². The molecule has 0 nitrogen and oxygen atoms in total. The van der Waals surface area contributed by atoms with Crippen LogP contribution in [-0.4, -0.2) is 0 Å². The molecule has 0 N–H and O–H groups in total. The summed E-state index contributed by atoms with van der Waals surface area (Å²) in [6.45, 7) is 0. The summed E-state index contributed by atoms with van der Waals surface area (Å²) in [7, 11) is 0.